The van der Waals surface area contributed by atoms with Crippen molar-refractivity contribution in [3.05, 3.63) is 59.9 Å². The fourth-order valence-corrected chi connectivity index (χ4v) is 2.60. The molecule has 0 bridgehead atoms. The number of hydrogen-bond acceptors (Lipinski definition) is 4. The molecular weight excluding hydrogens is 363 g/mol. The van der Waals surface area contributed by atoms with Crippen LogP contribution >= 0.6 is 0 Å². The van der Waals surface area contributed by atoms with Gasteiger partial charge in [-0.3, -0.25) is 4.79 Å². The standard InChI is InChI=1S/C18H14F3N3O3/c1-27-16(26)11-6-8-12(9-7-11)22-15(25)10-24-14-5-3-2-4-13(14)23-17(24)18(19,20)21/h2-9H,10H2,1H3,(H,22,25). The first kappa shape index (κ1) is 18.4. The molecule has 6 nitrogen and oxygen atoms in total. The van der Waals surface area contributed by atoms with Gasteiger partial charge in [-0.25, -0.2) is 9.78 Å². The molecule has 0 aliphatic rings. The number of methoxy groups -OCH3 is 1. The van der Waals surface area contributed by atoms with Crippen LogP contribution in [0.1, 0.15) is 16.2 Å². The van der Waals surface area contributed by atoms with Gasteiger partial charge in [0.25, 0.3) is 0 Å². The Morgan fingerprint density at radius 1 is 1.11 bits per heavy atom. The van der Waals surface area contributed by atoms with E-state index in [1.54, 1.807) is 12.1 Å². The third kappa shape index (κ3) is 3.91. The van der Waals surface area contributed by atoms with Crippen LogP contribution in [0.5, 0.6) is 0 Å². The van der Waals surface area contributed by atoms with Crippen LogP contribution in [-0.4, -0.2) is 28.5 Å². The minimum atomic E-state index is -4.69. The Morgan fingerprint density at radius 3 is 2.41 bits per heavy atom. The molecular formula is C18H14F3N3O3. The number of aromatic nitrogens is 2. The van der Waals surface area contributed by atoms with Gasteiger partial charge in [-0.2, -0.15) is 13.2 Å². The number of benzene rings is 2. The summed E-state index contributed by atoms with van der Waals surface area (Å²) in [6.45, 7) is -0.561. The highest BCUT2D eigenvalue weighted by atomic mass is 19.4. The molecule has 27 heavy (non-hydrogen) atoms. The van der Waals surface area contributed by atoms with Crippen LogP contribution in [0.2, 0.25) is 0 Å². The number of imidazole rings is 1. The van der Waals surface area contributed by atoms with E-state index < -0.39 is 30.4 Å². The maximum atomic E-state index is 13.3. The number of fused-ring (bicyclic) bond motifs is 1. The molecule has 1 N–H and O–H groups in total. The summed E-state index contributed by atoms with van der Waals surface area (Å²) in [5, 5.41) is 2.50. The van der Waals surface area contributed by atoms with Crippen molar-refractivity contribution in [3.8, 4) is 0 Å². The number of carbonyl (C=O) groups is 2. The number of esters is 1. The fourth-order valence-electron chi connectivity index (χ4n) is 2.60. The van der Waals surface area contributed by atoms with Gasteiger partial charge in [0.2, 0.25) is 11.7 Å². The van der Waals surface area contributed by atoms with Crippen LogP contribution in [0.15, 0.2) is 48.5 Å². The lowest BCUT2D eigenvalue weighted by Crippen LogP contribution is -2.23. The summed E-state index contributed by atoms with van der Waals surface area (Å²) < 4.78 is 45.2. The molecule has 2 aromatic carbocycles. The number of rotatable bonds is 4. The second-order valence-electron chi connectivity index (χ2n) is 5.63. The molecule has 3 rings (SSSR count). The summed E-state index contributed by atoms with van der Waals surface area (Å²) in [6.07, 6.45) is -4.69. The molecule has 1 heterocycles. The van der Waals surface area contributed by atoms with Crippen molar-refractivity contribution in [2.45, 2.75) is 12.7 Å². The van der Waals surface area contributed by atoms with E-state index in [2.05, 4.69) is 15.0 Å². The molecule has 0 unspecified atom stereocenters. The lowest BCUT2D eigenvalue weighted by atomic mass is 10.2. The zero-order chi connectivity index (χ0) is 19.6. The van der Waals surface area contributed by atoms with Gasteiger partial charge < -0.3 is 14.6 Å². The van der Waals surface area contributed by atoms with E-state index in [1.807, 2.05) is 0 Å². The highest BCUT2D eigenvalue weighted by molar-refractivity contribution is 5.93. The van der Waals surface area contributed by atoms with E-state index in [1.165, 1.54) is 43.5 Å². The van der Waals surface area contributed by atoms with Crippen molar-refractivity contribution in [1.29, 1.82) is 0 Å². The molecule has 0 radical (unpaired) electrons. The highest BCUT2D eigenvalue weighted by Gasteiger charge is 2.38. The summed E-state index contributed by atoms with van der Waals surface area (Å²) in [5.74, 6) is -2.33. The molecule has 1 aromatic heterocycles. The average Bonchev–Trinajstić information content (AvgIpc) is 3.00. The average molecular weight is 377 g/mol. The van der Waals surface area contributed by atoms with Gasteiger partial charge in [0.05, 0.1) is 23.7 Å². The van der Waals surface area contributed by atoms with Crippen LogP contribution in [0, 0.1) is 0 Å². The maximum absolute atomic E-state index is 13.3. The number of amides is 1. The van der Waals surface area contributed by atoms with Crippen LogP contribution in [-0.2, 0) is 22.3 Å². The molecule has 0 fully saturated rings. The Morgan fingerprint density at radius 2 is 1.78 bits per heavy atom. The van der Waals surface area contributed by atoms with Gasteiger partial charge in [-0.15, -0.1) is 0 Å². The number of carbonyl (C=O) groups excluding carboxylic acids is 2. The predicted octanol–water partition coefficient (Wildman–Crippen LogP) is 3.48. The molecule has 0 spiro atoms. The molecule has 0 atom stereocenters. The number of para-hydroxylation sites is 2. The molecule has 9 heteroatoms. The number of anilines is 1. The number of halogens is 3. The van der Waals surface area contributed by atoms with Crippen molar-refractivity contribution in [2.24, 2.45) is 0 Å². The first-order valence-corrected chi connectivity index (χ1v) is 7.80. The molecule has 0 aliphatic heterocycles. The Bertz CT molecular complexity index is 994. The Kier molecular flexibility index (Phi) is 4.85. The predicted molar refractivity (Wildman–Crippen MR) is 91.1 cm³/mol. The summed E-state index contributed by atoms with van der Waals surface area (Å²) in [7, 11) is 1.24. The van der Waals surface area contributed by atoms with Crippen molar-refractivity contribution in [3.63, 3.8) is 0 Å². The zero-order valence-electron chi connectivity index (χ0n) is 14.1. The summed E-state index contributed by atoms with van der Waals surface area (Å²) in [4.78, 5) is 27.2. The van der Waals surface area contributed by atoms with Crippen molar-refractivity contribution < 1.29 is 27.5 Å². The first-order chi connectivity index (χ1) is 12.8. The minimum absolute atomic E-state index is 0.153. The van der Waals surface area contributed by atoms with Gasteiger partial charge in [0, 0.05) is 5.69 Å². The summed E-state index contributed by atoms with van der Waals surface area (Å²) in [6, 6.07) is 11.9. The smallest absolute Gasteiger partial charge is 0.449 e. The van der Waals surface area contributed by atoms with Crippen LogP contribution < -0.4 is 5.32 Å². The Balaban J connectivity index is 1.83. The number of alkyl halides is 3. The third-order valence-corrected chi connectivity index (χ3v) is 3.80. The molecule has 0 saturated heterocycles. The highest BCUT2D eigenvalue weighted by Crippen LogP contribution is 2.31. The normalized spacial score (nSPS) is 11.4. The SMILES string of the molecule is COC(=O)c1ccc(NC(=O)Cn2c(C(F)(F)F)nc3ccccc32)cc1. The largest absolute Gasteiger partial charge is 0.465 e. The number of ether oxygens (including phenoxy) is 1. The van der Waals surface area contributed by atoms with Crippen LogP contribution in [0.3, 0.4) is 0 Å². The van der Waals surface area contributed by atoms with Crippen molar-refractivity contribution in [1.82, 2.24) is 9.55 Å². The van der Waals surface area contributed by atoms with Gasteiger partial charge in [-0.1, -0.05) is 12.1 Å². The minimum Gasteiger partial charge on any atom is -0.465 e. The monoisotopic (exact) mass is 377 g/mol. The van der Waals surface area contributed by atoms with Crippen LogP contribution in [0.4, 0.5) is 18.9 Å². The molecule has 3 aromatic rings. The second-order valence-corrected chi connectivity index (χ2v) is 5.63. The lowest BCUT2D eigenvalue weighted by Gasteiger charge is -2.12. The third-order valence-electron chi connectivity index (χ3n) is 3.80. The van der Waals surface area contributed by atoms with Gasteiger partial charge in [0.15, 0.2) is 0 Å². The number of nitrogens with zero attached hydrogens (tertiary/aromatic N) is 2. The molecule has 0 saturated carbocycles. The van der Waals surface area contributed by atoms with E-state index >= 15 is 0 Å². The molecule has 1 amide bonds. The van der Waals surface area contributed by atoms with Crippen molar-refractivity contribution in [2.75, 3.05) is 12.4 Å². The maximum Gasteiger partial charge on any atom is 0.449 e. The quantitative estimate of drug-likeness (QED) is 0.707. The van der Waals surface area contributed by atoms with E-state index in [0.29, 0.717) is 5.69 Å². The summed E-state index contributed by atoms with van der Waals surface area (Å²) in [5.41, 5.74) is 0.988. The lowest BCUT2D eigenvalue weighted by molar-refractivity contribution is -0.147. The van der Waals surface area contributed by atoms with Gasteiger partial charge >= 0.3 is 12.1 Å². The second kappa shape index (κ2) is 7.10. The molecule has 0 aliphatic carbocycles. The van der Waals surface area contributed by atoms with E-state index in [9.17, 15) is 22.8 Å². The Hall–Kier alpha value is -3.36. The van der Waals surface area contributed by atoms with Crippen LogP contribution in [0.25, 0.3) is 11.0 Å². The Labute approximate surface area is 151 Å². The van der Waals surface area contributed by atoms with Crippen molar-refractivity contribution >= 4 is 28.6 Å². The number of nitrogens with one attached hydrogen (secondary N) is 1. The first-order valence-electron chi connectivity index (χ1n) is 7.80. The summed E-state index contributed by atoms with van der Waals surface area (Å²) >= 11 is 0. The molecule has 140 valence electrons. The van der Waals surface area contributed by atoms with E-state index in [-0.39, 0.29) is 16.6 Å². The van der Waals surface area contributed by atoms with E-state index in [4.69, 9.17) is 0 Å². The van der Waals surface area contributed by atoms with Gasteiger partial charge in [0.1, 0.15) is 6.54 Å². The van der Waals surface area contributed by atoms with Gasteiger partial charge in [-0.05, 0) is 36.4 Å². The zero-order valence-corrected chi connectivity index (χ0v) is 14.1. The number of hydrogen-bond donors (Lipinski definition) is 1. The van der Waals surface area contributed by atoms with E-state index in [0.717, 1.165) is 4.57 Å². The fraction of sp³-hybridized carbons (Fsp3) is 0.167. The topological polar surface area (TPSA) is 73.2 Å².